The molecule has 0 amide bonds. The van der Waals surface area contributed by atoms with Gasteiger partial charge in [0.2, 0.25) is 0 Å². The lowest BCUT2D eigenvalue weighted by Crippen LogP contribution is -3.00. The second kappa shape index (κ2) is 40.2. The smallest absolute Gasteiger partial charge is 0.472 e. The molecular formula is C46H89ClNO8P. The van der Waals surface area contributed by atoms with Crippen LogP contribution in [0.4, 0.5) is 0 Å². The van der Waals surface area contributed by atoms with E-state index in [-0.39, 0.29) is 37.8 Å². The van der Waals surface area contributed by atoms with Gasteiger partial charge in [-0.2, -0.15) is 0 Å². The van der Waals surface area contributed by atoms with Crippen LogP contribution < -0.4 is 12.4 Å². The van der Waals surface area contributed by atoms with Gasteiger partial charge in [-0.25, -0.2) is 4.57 Å². The van der Waals surface area contributed by atoms with Crippen LogP contribution in [0.3, 0.4) is 0 Å². The van der Waals surface area contributed by atoms with Crippen molar-refractivity contribution < 1.29 is 54.5 Å². The number of ether oxygens (including phenoxy) is 2. The molecule has 0 fully saturated rings. The van der Waals surface area contributed by atoms with Gasteiger partial charge < -0.3 is 31.3 Å². The number of rotatable bonds is 41. The van der Waals surface area contributed by atoms with E-state index in [1.807, 2.05) is 28.1 Å². The van der Waals surface area contributed by atoms with Crippen molar-refractivity contribution >= 4 is 19.8 Å². The summed E-state index contributed by atoms with van der Waals surface area (Å²) >= 11 is 0. The lowest BCUT2D eigenvalue weighted by molar-refractivity contribution is -0.873. The van der Waals surface area contributed by atoms with Crippen molar-refractivity contribution in [3.05, 3.63) is 24.3 Å². The van der Waals surface area contributed by atoms with Crippen LogP contribution in [0.25, 0.3) is 0 Å². The summed E-state index contributed by atoms with van der Waals surface area (Å²) in [5.41, 5.74) is 0. The zero-order chi connectivity index (χ0) is 41.6. The number of esters is 2. The number of carbonyl (C=O) groups excluding carboxylic acids is 2. The third-order valence-electron chi connectivity index (χ3n) is 9.93. The van der Waals surface area contributed by atoms with Gasteiger partial charge in [-0.15, -0.1) is 0 Å². The molecule has 1 N–H and O–H groups in total. The first-order valence-electron chi connectivity index (χ1n) is 23.0. The number of phosphoric acid groups is 1. The second-order valence-corrected chi connectivity index (χ2v) is 18.2. The predicted molar refractivity (Wildman–Crippen MR) is 234 cm³/mol. The highest BCUT2D eigenvalue weighted by atomic mass is 35.5. The van der Waals surface area contributed by atoms with Crippen molar-refractivity contribution in [2.45, 2.75) is 219 Å². The Morgan fingerprint density at radius 2 is 0.947 bits per heavy atom. The van der Waals surface area contributed by atoms with Crippen molar-refractivity contribution in [2.75, 3.05) is 40.9 Å². The standard InChI is InChI=1S/C46H88NO8P.ClH/c1-7-10-12-14-16-18-20-22-24-26-28-30-32-34-36-38-45(48)52-41-44(42-53-56(50,51)55-43(9-3)40-47(4,5)6)54-46(49)39-37-35-33-31-29-27-25-23-21-19-17-15-13-11-8-2;/h22-25,43-44H,7-21,26-42H2,1-6H3;1H/b24-22+,25-23+;/t43?,44-;/m1./s1. The van der Waals surface area contributed by atoms with Crippen LogP contribution in [0.15, 0.2) is 24.3 Å². The fraction of sp³-hybridized carbons (Fsp3) is 0.870. The average Bonchev–Trinajstić information content (AvgIpc) is 3.14. The maximum absolute atomic E-state index is 12.8. The Hall–Kier alpha value is -1.22. The number of phosphoric ester groups is 1. The van der Waals surface area contributed by atoms with Gasteiger partial charge in [0.05, 0.1) is 27.7 Å². The number of halogens is 1. The Morgan fingerprint density at radius 3 is 1.35 bits per heavy atom. The minimum absolute atomic E-state index is 0. The third kappa shape index (κ3) is 42.7. The number of quaternary nitrogens is 1. The van der Waals surface area contributed by atoms with Crippen molar-refractivity contribution in [2.24, 2.45) is 0 Å². The Balaban J connectivity index is 0. The summed E-state index contributed by atoms with van der Waals surface area (Å²) < 4.78 is 35.2. The van der Waals surface area contributed by atoms with Crippen LogP contribution in [0.2, 0.25) is 0 Å². The minimum atomic E-state index is -4.45. The van der Waals surface area contributed by atoms with Gasteiger partial charge in [0.1, 0.15) is 19.3 Å². The van der Waals surface area contributed by atoms with E-state index in [1.165, 1.54) is 89.9 Å². The number of carbonyl (C=O) groups is 2. The Morgan fingerprint density at radius 1 is 0.561 bits per heavy atom. The SMILES string of the molecule is CCCCCCCC/C=C/CCCCCCCC(=O)OC[C@H](COP(=O)(O)OC(CC)C[N+](C)(C)C)OC(=O)CCCCCCC/C=C/CCCCCCCC.[Cl-]. The summed E-state index contributed by atoms with van der Waals surface area (Å²) in [6, 6.07) is 0. The van der Waals surface area contributed by atoms with Crippen molar-refractivity contribution in [1.82, 2.24) is 0 Å². The number of likely N-dealkylation sites (N-methyl/N-ethyl adjacent to an activating group) is 1. The molecule has 0 radical (unpaired) electrons. The highest BCUT2D eigenvalue weighted by Gasteiger charge is 2.31. The number of nitrogens with zero attached hydrogens (tertiary/aromatic N) is 1. The van der Waals surface area contributed by atoms with E-state index in [9.17, 15) is 19.0 Å². The van der Waals surface area contributed by atoms with Gasteiger partial charge in [-0.1, -0.05) is 148 Å². The normalized spacial score (nSPS) is 14.1. The Kier molecular flexibility index (Phi) is 40.8. The fourth-order valence-corrected chi connectivity index (χ4v) is 7.55. The van der Waals surface area contributed by atoms with E-state index in [4.69, 9.17) is 18.5 Å². The molecular weight excluding hydrogens is 761 g/mol. The first kappa shape index (κ1) is 57.9. The number of hydrogen-bond acceptors (Lipinski definition) is 7. The van der Waals surface area contributed by atoms with Crippen molar-refractivity contribution in [3.63, 3.8) is 0 Å². The maximum Gasteiger partial charge on any atom is 0.472 e. The van der Waals surface area contributed by atoms with E-state index in [2.05, 4.69) is 38.2 Å². The molecule has 9 nitrogen and oxygen atoms in total. The van der Waals surface area contributed by atoms with E-state index < -0.39 is 32.6 Å². The molecule has 0 aliphatic carbocycles. The minimum Gasteiger partial charge on any atom is -1.00 e. The molecule has 0 bridgehead atoms. The van der Waals surface area contributed by atoms with Gasteiger partial charge in [0.15, 0.2) is 6.10 Å². The lowest BCUT2D eigenvalue weighted by Gasteiger charge is -2.29. The van der Waals surface area contributed by atoms with Crippen LogP contribution in [-0.2, 0) is 32.7 Å². The predicted octanol–water partition coefficient (Wildman–Crippen LogP) is 10.1. The third-order valence-corrected chi connectivity index (χ3v) is 11.0. The average molecular weight is 851 g/mol. The second-order valence-electron chi connectivity index (χ2n) is 16.8. The maximum atomic E-state index is 12.8. The van der Waals surface area contributed by atoms with Crippen LogP contribution in [0.1, 0.15) is 207 Å². The number of hydrogen-bond donors (Lipinski definition) is 1. The summed E-state index contributed by atoms with van der Waals surface area (Å²) in [7, 11) is 1.49. The summed E-state index contributed by atoms with van der Waals surface area (Å²) in [4.78, 5) is 35.8. The van der Waals surface area contributed by atoms with E-state index in [1.54, 1.807) is 0 Å². The van der Waals surface area contributed by atoms with Gasteiger partial charge in [-0.3, -0.25) is 18.6 Å². The zero-order valence-electron chi connectivity index (χ0n) is 37.7. The topological polar surface area (TPSA) is 108 Å². The van der Waals surface area contributed by atoms with Gasteiger partial charge >= 0.3 is 19.8 Å². The van der Waals surface area contributed by atoms with Crippen molar-refractivity contribution in [1.29, 1.82) is 0 Å². The summed E-state index contributed by atoms with van der Waals surface area (Å²) in [5, 5.41) is 0. The molecule has 11 heteroatoms. The fourth-order valence-electron chi connectivity index (χ4n) is 6.54. The lowest BCUT2D eigenvalue weighted by atomic mass is 10.1. The molecule has 3 atom stereocenters. The Labute approximate surface area is 357 Å². The molecule has 2 unspecified atom stereocenters. The molecule has 0 aromatic heterocycles. The quantitative estimate of drug-likeness (QED) is 0.0213. The molecule has 57 heavy (non-hydrogen) atoms. The van der Waals surface area contributed by atoms with Crippen LogP contribution in [0, 0.1) is 0 Å². The highest BCUT2D eigenvalue weighted by Crippen LogP contribution is 2.45. The van der Waals surface area contributed by atoms with Crippen LogP contribution in [0.5, 0.6) is 0 Å². The monoisotopic (exact) mass is 850 g/mol. The van der Waals surface area contributed by atoms with Crippen LogP contribution >= 0.6 is 7.82 Å². The first-order valence-corrected chi connectivity index (χ1v) is 24.5. The molecule has 0 aliphatic heterocycles. The molecule has 0 saturated heterocycles. The summed E-state index contributed by atoms with van der Waals surface area (Å²) in [6.07, 6.45) is 39.3. The van der Waals surface area contributed by atoms with Crippen LogP contribution in [-0.4, -0.2) is 74.4 Å². The largest absolute Gasteiger partial charge is 1.00 e. The van der Waals surface area contributed by atoms with Gasteiger partial charge in [-0.05, 0) is 70.6 Å². The number of unbranched alkanes of at least 4 members (excludes halogenated alkanes) is 22. The molecule has 338 valence electrons. The summed E-state index contributed by atoms with van der Waals surface area (Å²) in [5.74, 6) is -0.812. The van der Waals surface area contributed by atoms with Gasteiger partial charge in [0.25, 0.3) is 0 Å². The first-order chi connectivity index (χ1) is 26.9. The molecule has 0 aromatic rings. The molecule has 0 aromatic carbocycles. The molecule has 0 spiro atoms. The highest BCUT2D eigenvalue weighted by molar-refractivity contribution is 7.47. The Bertz CT molecular complexity index is 1030. The molecule has 0 saturated carbocycles. The van der Waals surface area contributed by atoms with E-state index in [0.717, 1.165) is 70.6 Å². The zero-order valence-corrected chi connectivity index (χ0v) is 39.3. The molecule has 0 aliphatic rings. The van der Waals surface area contributed by atoms with Crippen molar-refractivity contribution in [3.8, 4) is 0 Å². The van der Waals surface area contributed by atoms with E-state index in [0.29, 0.717) is 23.9 Å². The van der Waals surface area contributed by atoms with Gasteiger partial charge in [0, 0.05) is 12.8 Å². The van der Waals surface area contributed by atoms with E-state index >= 15 is 0 Å². The number of allylic oxidation sites excluding steroid dienone is 4. The summed E-state index contributed by atoms with van der Waals surface area (Å²) in [6.45, 7) is 6.26. The molecule has 0 rings (SSSR count). The molecule has 0 heterocycles.